The molecular weight excluding hydrogens is 437 g/mol. The lowest BCUT2D eigenvalue weighted by Gasteiger charge is -2.35. The third-order valence-corrected chi connectivity index (χ3v) is 5.73. The minimum absolute atomic E-state index is 0.183. The summed E-state index contributed by atoms with van der Waals surface area (Å²) in [6.07, 6.45) is 2.12. The molecule has 2 aliphatic rings. The summed E-state index contributed by atoms with van der Waals surface area (Å²) in [5.41, 5.74) is 1.01. The zero-order valence-electron chi connectivity index (χ0n) is 16.8. The third kappa shape index (κ3) is 6.58. The van der Waals surface area contributed by atoms with Crippen LogP contribution in [0.15, 0.2) is 23.8 Å². The smallest absolute Gasteiger partial charge is 0.475 e. The van der Waals surface area contributed by atoms with E-state index in [1.54, 1.807) is 23.7 Å². The van der Waals surface area contributed by atoms with E-state index < -0.39 is 12.1 Å². The summed E-state index contributed by atoms with van der Waals surface area (Å²) in [7, 11) is 0. The fourth-order valence-electron chi connectivity index (χ4n) is 3.58. The normalized spacial score (nSPS) is 23.1. The molecule has 170 valence electrons. The highest BCUT2D eigenvalue weighted by molar-refractivity contribution is 7.09. The number of rotatable bonds is 5. The first-order valence-electron chi connectivity index (χ1n) is 9.72. The van der Waals surface area contributed by atoms with Crippen molar-refractivity contribution in [2.75, 3.05) is 18.1 Å². The first-order chi connectivity index (χ1) is 14.7. The lowest BCUT2D eigenvalue weighted by molar-refractivity contribution is -0.192. The molecule has 0 spiro atoms. The van der Waals surface area contributed by atoms with Crippen molar-refractivity contribution in [3.05, 3.63) is 34.5 Å². The van der Waals surface area contributed by atoms with Crippen molar-refractivity contribution in [2.45, 2.75) is 57.2 Å². The van der Waals surface area contributed by atoms with Crippen LogP contribution in [0, 0.1) is 6.92 Å². The Bertz CT molecular complexity index is 852. The number of aliphatic carboxylic acids is 1. The zero-order chi connectivity index (χ0) is 22.4. The lowest BCUT2D eigenvalue weighted by atomic mass is 9.99. The highest BCUT2D eigenvalue weighted by Gasteiger charge is 2.41. The first-order valence-corrected chi connectivity index (χ1v) is 10.6. The van der Waals surface area contributed by atoms with Crippen LogP contribution in [0.25, 0.3) is 0 Å². The molecular formula is C19H23F3N4O4S. The van der Waals surface area contributed by atoms with Gasteiger partial charge in [0.2, 0.25) is 5.95 Å². The molecule has 8 nitrogen and oxygen atoms in total. The van der Waals surface area contributed by atoms with Crippen LogP contribution in [0.1, 0.15) is 30.0 Å². The summed E-state index contributed by atoms with van der Waals surface area (Å²) in [6.45, 7) is 4.19. The number of carboxylic acid groups (broad SMARTS) is 1. The van der Waals surface area contributed by atoms with Gasteiger partial charge in [0.25, 0.3) is 0 Å². The van der Waals surface area contributed by atoms with Crippen molar-refractivity contribution < 1.29 is 32.5 Å². The molecule has 2 aromatic heterocycles. The molecule has 2 aliphatic heterocycles. The van der Waals surface area contributed by atoms with Crippen LogP contribution in [0.3, 0.4) is 0 Å². The standard InChI is InChI=1S/C17H22N4O2S.C2HF3O2/c1-12-20-13(11-24-12)9-22-10-14-3-4-15-16(23-14)5-8-21(15)17-18-6-2-7-19-17;3-2(4,5)1(6)7/h2,6-7,11,14-16H,3-5,8-10H2,1H3;(H,6,7)/t14-,15+,16+;/m1./s1. The molecule has 2 saturated heterocycles. The lowest BCUT2D eigenvalue weighted by Crippen LogP contribution is -2.44. The number of thiazole rings is 1. The van der Waals surface area contributed by atoms with Gasteiger partial charge in [-0.15, -0.1) is 11.3 Å². The second-order valence-electron chi connectivity index (χ2n) is 7.15. The summed E-state index contributed by atoms with van der Waals surface area (Å²) in [6, 6.07) is 2.25. The van der Waals surface area contributed by atoms with Gasteiger partial charge in [-0.1, -0.05) is 0 Å². The van der Waals surface area contributed by atoms with Crippen molar-refractivity contribution in [1.29, 1.82) is 0 Å². The fraction of sp³-hybridized carbons (Fsp3) is 0.579. The fourth-order valence-corrected chi connectivity index (χ4v) is 4.17. The Morgan fingerprint density at radius 2 is 2.03 bits per heavy atom. The Hall–Kier alpha value is -2.31. The van der Waals surface area contributed by atoms with Crippen LogP contribution in [-0.2, 0) is 20.9 Å². The number of aromatic nitrogens is 3. The van der Waals surface area contributed by atoms with E-state index in [1.165, 1.54) is 0 Å². The van der Waals surface area contributed by atoms with E-state index >= 15 is 0 Å². The number of fused-ring (bicyclic) bond motifs is 1. The second-order valence-corrected chi connectivity index (χ2v) is 8.21. The molecule has 4 rings (SSSR count). The molecule has 12 heteroatoms. The van der Waals surface area contributed by atoms with Gasteiger partial charge in [-0.05, 0) is 32.3 Å². The third-order valence-electron chi connectivity index (χ3n) is 4.91. The maximum atomic E-state index is 10.6. The van der Waals surface area contributed by atoms with Crippen LogP contribution >= 0.6 is 11.3 Å². The topological polar surface area (TPSA) is 97.7 Å². The van der Waals surface area contributed by atoms with Gasteiger partial charge in [-0.25, -0.2) is 19.7 Å². The Morgan fingerprint density at radius 3 is 2.65 bits per heavy atom. The molecule has 0 bridgehead atoms. The Kier molecular flexibility index (Phi) is 7.79. The molecule has 4 heterocycles. The number of halogens is 3. The van der Waals surface area contributed by atoms with Crippen molar-refractivity contribution in [3.63, 3.8) is 0 Å². The molecule has 0 aromatic carbocycles. The van der Waals surface area contributed by atoms with Gasteiger partial charge in [0.1, 0.15) is 0 Å². The van der Waals surface area contributed by atoms with Crippen molar-refractivity contribution >= 4 is 23.3 Å². The Balaban J connectivity index is 0.000000339. The minimum Gasteiger partial charge on any atom is -0.475 e. The number of anilines is 1. The maximum absolute atomic E-state index is 10.6. The predicted molar refractivity (Wildman–Crippen MR) is 106 cm³/mol. The second kappa shape index (κ2) is 10.3. The largest absolute Gasteiger partial charge is 0.490 e. The number of hydrogen-bond donors (Lipinski definition) is 1. The van der Waals surface area contributed by atoms with Crippen LogP contribution in [0.4, 0.5) is 19.1 Å². The van der Waals surface area contributed by atoms with Gasteiger partial charge >= 0.3 is 12.1 Å². The van der Waals surface area contributed by atoms with Crippen molar-refractivity contribution in [2.24, 2.45) is 0 Å². The Labute approximate surface area is 181 Å². The molecule has 0 unspecified atom stereocenters. The van der Waals surface area contributed by atoms with E-state index in [2.05, 4.69) is 25.2 Å². The number of aryl methyl sites for hydroxylation is 1. The van der Waals surface area contributed by atoms with Crippen molar-refractivity contribution in [1.82, 2.24) is 15.0 Å². The Morgan fingerprint density at radius 1 is 1.32 bits per heavy atom. The minimum atomic E-state index is -5.08. The molecule has 2 fully saturated rings. The number of ether oxygens (including phenoxy) is 2. The van der Waals surface area contributed by atoms with Crippen LogP contribution < -0.4 is 4.90 Å². The van der Waals surface area contributed by atoms with Crippen LogP contribution in [0.5, 0.6) is 0 Å². The molecule has 1 N–H and O–H groups in total. The van der Waals surface area contributed by atoms with E-state index in [0.717, 1.165) is 42.5 Å². The van der Waals surface area contributed by atoms with Crippen LogP contribution in [-0.4, -0.2) is 63.6 Å². The number of nitrogens with zero attached hydrogens (tertiary/aromatic N) is 4. The molecule has 3 atom stereocenters. The highest BCUT2D eigenvalue weighted by atomic mass is 32.1. The monoisotopic (exact) mass is 460 g/mol. The average Bonchev–Trinajstić information content (AvgIpc) is 3.34. The van der Waals surface area contributed by atoms with E-state index in [4.69, 9.17) is 19.4 Å². The quantitative estimate of drug-likeness (QED) is 0.727. The number of carboxylic acids is 1. The highest BCUT2D eigenvalue weighted by Crippen LogP contribution is 2.33. The molecule has 0 radical (unpaired) electrons. The van der Waals surface area contributed by atoms with Gasteiger partial charge in [-0.2, -0.15) is 13.2 Å². The molecule has 31 heavy (non-hydrogen) atoms. The number of hydrogen-bond acceptors (Lipinski definition) is 8. The summed E-state index contributed by atoms with van der Waals surface area (Å²) in [5, 5.41) is 10.3. The maximum Gasteiger partial charge on any atom is 0.490 e. The molecule has 0 amide bonds. The summed E-state index contributed by atoms with van der Waals surface area (Å²) < 4.78 is 43.8. The summed E-state index contributed by atoms with van der Waals surface area (Å²) in [5.74, 6) is -1.94. The van der Waals surface area contributed by atoms with E-state index in [1.807, 2.05) is 13.0 Å². The van der Waals surface area contributed by atoms with Crippen molar-refractivity contribution in [3.8, 4) is 0 Å². The number of alkyl halides is 3. The van der Waals surface area contributed by atoms with Gasteiger partial charge in [0.15, 0.2) is 0 Å². The van der Waals surface area contributed by atoms with E-state index in [0.29, 0.717) is 19.3 Å². The molecule has 0 aliphatic carbocycles. The van der Waals surface area contributed by atoms with Gasteiger partial charge in [0, 0.05) is 24.3 Å². The van der Waals surface area contributed by atoms with E-state index in [-0.39, 0.29) is 12.2 Å². The molecule has 0 saturated carbocycles. The summed E-state index contributed by atoms with van der Waals surface area (Å²) >= 11 is 1.66. The predicted octanol–water partition coefficient (Wildman–Crippen LogP) is 3.22. The van der Waals surface area contributed by atoms with Crippen LogP contribution in [0.2, 0.25) is 0 Å². The summed E-state index contributed by atoms with van der Waals surface area (Å²) in [4.78, 5) is 24.4. The zero-order valence-corrected chi connectivity index (χ0v) is 17.6. The van der Waals surface area contributed by atoms with E-state index in [9.17, 15) is 13.2 Å². The average molecular weight is 460 g/mol. The number of carbonyl (C=O) groups is 1. The first kappa shape index (κ1) is 23.4. The van der Waals surface area contributed by atoms with Gasteiger partial charge in [-0.3, -0.25) is 0 Å². The SMILES string of the molecule is Cc1nc(COC[C@H]2CC[C@H]3[C@H](CCN3c3ncccn3)O2)cs1.O=C(O)C(F)(F)F. The van der Waals surface area contributed by atoms with Gasteiger partial charge in [0.05, 0.1) is 42.2 Å². The van der Waals surface area contributed by atoms with Gasteiger partial charge < -0.3 is 19.5 Å². The molecule has 2 aromatic rings.